The molecule has 0 radical (unpaired) electrons. The van der Waals surface area contributed by atoms with Gasteiger partial charge < -0.3 is 14.5 Å². The molecule has 1 aromatic carbocycles. The molecule has 0 saturated carbocycles. The third-order valence-electron chi connectivity index (χ3n) is 4.01. The van der Waals surface area contributed by atoms with Gasteiger partial charge in [0.15, 0.2) is 5.76 Å². The van der Waals surface area contributed by atoms with Crippen molar-refractivity contribution in [3.8, 4) is 5.75 Å². The van der Waals surface area contributed by atoms with Crippen LogP contribution in [0.3, 0.4) is 0 Å². The maximum absolute atomic E-state index is 12.4. The Balaban J connectivity index is 1.61. The van der Waals surface area contributed by atoms with Gasteiger partial charge in [0, 0.05) is 23.8 Å². The molecule has 142 valence electrons. The zero-order valence-electron chi connectivity index (χ0n) is 15.1. The highest BCUT2D eigenvalue weighted by atomic mass is 35.5. The fourth-order valence-electron chi connectivity index (χ4n) is 2.71. The van der Waals surface area contributed by atoms with Gasteiger partial charge in [-0.15, -0.1) is 0 Å². The summed E-state index contributed by atoms with van der Waals surface area (Å²) < 4.78 is 12.9. The topological polar surface area (TPSA) is 69.3 Å². The number of nitrogens with zero attached hydrogens (tertiary/aromatic N) is 2. The summed E-state index contributed by atoms with van der Waals surface area (Å²) >= 11 is 11.9. The van der Waals surface area contributed by atoms with Crippen molar-refractivity contribution in [3.05, 3.63) is 69.4 Å². The molecule has 0 aliphatic heterocycles. The quantitative estimate of drug-likeness (QED) is 0.642. The lowest BCUT2D eigenvalue weighted by atomic mass is 10.1. The molecule has 1 N–H and O–H groups in total. The highest BCUT2D eigenvalue weighted by Gasteiger charge is 2.18. The number of nitrogens with one attached hydrogen (secondary N) is 1. The van der Waals surface area contributed by atoms with Crippen molar-refractivity contribution in [2.24, 2.45) is 7.05 Å². The van der Waals surface area contributed by atoms with Gasteiger partial charge in [0.2, 0.25) is 0 Å². The Labute approximate surface area is 167 Å². The Morgan fingerprint density at radius 1 is 1.33 bits per heavy atom. The molecule has 2 heterocycles. The van der Waals surface area contributed by atoms with E-state index in [1.54, 1.807) is 35.0 Å². The molecule has 3 aromatic rings. The van der Waals surface area contributed by atoms with Gasteiger partial charge in [-0.3, -0.25) is 9.48 Å². The van der Waals surface area contributed by atoms with Crippen LogP contribution < -0.4 is 10.1 Å². The minimum absolute atomic E-state index is 0.145. The number of amides is 1. The number of carbonyl (C=O) groups excluding carboxylic acids is 1. The summed E-state index contributed by atoms with van der Waals surface area (Å²) in [6, 6.07) is 8.08. The standard InChI is InChI=1S/C19H19Cl2N3O3/c1-11(15-9-24(3)23-12(15)2)22-19(25)18-7-5-14(27-18)10-26-17-6-4-13(20)8-16(17)21/h4-9,11H,10H2,1-3H3,(H,22,25). The summed E-state index contributed by atoms with van der Waals surface area (Å²) in [4.78, 5) is 12.4. The molecule has 0 saturated heterocycles. The van der Waals surface area contributed by atoms with Crippen molar-refractivity contribution in [2.75, 3.05) is 0 Å². The van der Waals surface area contributed by atoms with Crippen LogP contribution in [0.4, 0.5) is 0 Å². The molecule has 1 amide bonds. The minimum atomic E-state index is -0.304. The molecule has 0 bridgehead atoms. The van der Waals surface area contributed by atoms with Crippen LogP contribution in [0, 0.1) is 6.92 Å². The molecule has 0 aliphatic rings. The maximum atomic E-state index is 12.4. The number of halogens is 2. The summed E-state index contributed by atoms with van der Waals surface area (Å²) in [6.07, 6.45) is 1.89. The molecular formula is C19H19Cl2N3O3. The lowest BCUT2D eigenvalue weighted by Crippen LogP contribution is -2.26. The van der Waals surface area contributed by atoms with Crippen molar-refractivity contribution >= 4 is 29.1 Å². The normalized spacial score (nSPS) is 12.0. The Morgan fingerprint density at radius 2 is 2.11 bits per heavy atom. The van der Waals surface area contributed by atoms with Crippen molar-refractivity contribution < 1.29 is 13.9 Å². The van der Waals surface area contributed by atoms with E-state index in [9.17, 15) is 4.79 Å². The molecule has 1 unspecified atom stereocenters. The van der Waals surface area contributed by atoms with Crippen LogP contribution in [0.5, 0.6) is 5.75 Å². The van der Waals surface area contributed by atoms with Gasteiger partial charge >= 0.3 is 0 Å². The van der Waals surface area contributed by atoms with E-state index >= 15 is 0 Å². The molecular weight excluding hydrogens is 389 g/mol. The Kier molecular flexibility index (Phi) is 5.77. The number of aryl methyl sites for hydroxylation is 2. The average molecular weight is 408 g/mol. The number of carbonyl (C=O) groups is 1. The van der Waals surface area contributed by atoms with E-state index in [0.29, 0.717) is 21.6 Å². The first-order valence-electron chi connectivity index (χ1n) is 8.31. The van der Waals surface area contributed by atoms with Crippen molar-refractivity contribution in [1.82, 2.24) is 15.1 Å². The van der Waals surface area contributed by atoms with Crippen LogP contribution in [0.15, 0.2) is 40.9 Å². The van der Waals surface area contributed by atoms with Crippen LogP contribution in [0.1, 0.15) is 40.5 Å². The van der Waals surface area contributed by atoms with Crippen molar-refractivity contribution in [3.63, 3.8) is 0 Å². The molecule has 8 heteroatoms. The van der Waals surface area contributed by atoms with E-state index in [2.05, 4.69) is 10.4 Å². The highest BCUT2D eigenvalue weighted by Crippen LogP contribution is 2.28. The molecule has 0 aliphatic carbocycles. The third kappa shape index (κ3) is 4.64. The van der Waals surface area contributed by atoms with Crippen LogP contribution in [-0.4, -0.2) is 15.7 Å². The smallest absolute Gasteiger partial charge is 0.287 e. The van der Waals surface area contributed by atoms with E-state index in [0.717, 1.165) is 11.3 Å². The minimum Gasteiger partial charge on any atom is -0.484 e. The molecule has 2 aromatic heterocycles. The fourth-order valence-corrected chi connectivity index (χ4v) is 3.17. The zero-order valence-corrected chi connectivity index (χ0v) is 16.6. The van der Waals surface area contributed by atoms with Crippen LogP contribution >= 0.6 is 23.2 Å². The van der Waals surface area contributed by atoms with Gasteiger partial charge in [-0.1, -0.05) is 23.2 Å². The molecule has 3 rings (SSSR count). The third-order valence-corrected chi connectivity index (χ3v) is 4.55. The number of hydrogen-bond acceptors (Lipinski definition) is 4. The summed E-state index contributed by atoms with van der Waals surface area (Å²) in [5, 5.41) is 8.13. The van der Waals surface area contributed by atoms with Crippen molar-refractivity contribution in [2.45, 2.75) is 26.5 Å². The number of hydrogen-bond donors (Lipinski definition) is 1. The Hall–Kier alpha value is -2.44. The van der Waals surface area contributed by atoms with Crippen molar-refractivity contribution in [1.29, 1.82) is 0 Å². The molecule has 0 fully saturated rings. The number of aromatic nitrogens is 2. The lowest BCUT2D eigenvalue weighted by Gasteiger charge is -2.12. The second-order valence-electron chi connectivity index (χ2n) is 6.17. The van der Waals surface area contributed by atoms with Gasteiger partial charge in [-0.05, 0) is 44.2 Å². The van der Waals surface area contributed by atoms with Crippen LogP contribution in [-0.2, 0) is 13.7 Å². The summed E-state index contributed by atoms with van der Waals surface area (Å²) in [5.74, 6) is 0.909. The first-order chi connectivity index (χ1) is 12.8. The van der Waals surface area contributed by atoms with E-state index in [4.69, 9.17) is 32.4 Å². The predicted molar refractivity (Wildman–Crippen MR) is 103 cm³/mol. The second-order valence-corrected chi connectivity index (χ2v) is 7.01. The van der Waals surface area contributed by atoms with Crippen LogP contribution in [0.25, 0.3) is 0 Å². The Bertz CT molecular complexity index is 965. The number of ether oxygens (including phenoxy) is 1. The Morgan fingerprint density at radius 3 is 2.78 bits per heavy atom. The summed E-state index contributed by atoms with van der Waals surface area (Å²) in [6.45, 7) is 3.95. The average Bonchev–Trinajstić information content (AvgIpc) is 3.20. The fraction of sp³-hybridized carbons (Fsp3) is 0.263. The monoisotopic (exact) mass is 407 g/mol. The van der Waals surface area contributed by atoms with E-state index in [1.165, 1.54) is 0 Å². The second kappa shape index (κ2) is 8.06. The molecule has 6 nitrogen and oxygen atoms in total. The van der Waals surface area contributed by atoms with Gasteiger partial charge in [-0.2, -0.15) is 5.10 Å². The largest absolute Gasteiger partial charge is 0.484 e. The number of furan rings is 1. The molecule has 27 heavy (non-hydrogen) atoms. The number of benzene rings is 1. The zero-order chi connectivity index (χ0) is 19.6. The first-order valence-corrected chi connectivity index (χ1v) is 9.06. The maximum Gasteiger partial charge on any atom is 0.287 e. The first kappa shape index (κ1) is 19.3. The van der Waals surface area contributed by atoms with E-state index < -0.39 is 0 Å². The van der Waals surface area contributed by atoms with Gasteiger partial charge in [0.1, 0.15) is 18.1 Å². The lowest BCUT2D eigenvalue weighted by molar-refractivity contribution is 0.0907. The highest BCUT2D eigenvalue weighted by molar-refractivity contribution is 6.35. The van der Waals surface area contributed by atoms with E-state index in [-0.39, 0.29) is 24.3 Å². The number of rotatable bonds is 6. The van der Waals surface area contributed by atoms with Crippen LogP contribution in [0.2, 0.25) is 10.0 Å². The van der Waals surface area contributed by atoms with Gasteiger partial charge in [0.25, 0.3) is 5.91 Å². The SMILES string of the molecule is Cc1nn(C)cc1C(C)NC(=O)c1ccc(COc2ccc(Cl)cc2Cl)o1. The predicted octanol–water partition coefficient (Wildman–Crippen LogP) is 4.70. The van der Waals surface area contributed by atoms with Gasteiger partial charge in [-0.25, -0.2) is 0 Å². The summed E-state index contributed by atoms with van der Waals surface area (Å²) in [7, 11) is 1.84. The molecule has 0 spiro atoms. The molecule has 1 atom stereocenters. The van der Waals surface area contributed by atoms with E-state index in [1.807, 2.05) is 27.1 Å². The van der Waals surface area contributed by atoms with Gasteiger partial charge in [0.05, 0.1) is 16.8 Å². The summed E-state index contributed by atoms with van der Waals surface area (Å²) in [5.41, 5.74) is 1.83.